The van der Waals surface area contributed by atoms with Crippen LogP contribution in [-0.4, -0.2) is 40.8 Å². The fraction of sp³-hybridized carbons (Fsp3) is 0.235. The Hall–Kier alpha value is -2.54. The van der Waals surface area contributed by atoms with Gasteiger partial charge in [0.2, 0.25) is 10.0 Å². The van der Waals surface area contributed by atoms with Crippen LogP contribution in [0, 0.1) is 0 Å². The van der Waals surface area contributed by atoms with Gasteiger partial charge in [-0.1, -0.05) is 24.3 Å². The third-order valence-electron chi connectivity index (χ3n) is 3.38. The summed E-state index contributed by atoms with van der Waals surface area (Å²) in [7, 11) is -1.96. The predicted octanol–water partition coefficient (Wildman–Crippen LogP) is 1.89. The molecule has 0 aliphatic heterocycles. The van der Waals surface area contributed by atoms with E-state index in [9.17, 15) is 13.2 Å². The first kappa shape index (κ1) is 17.8. The molecule has 7 heteroatoms. The van der Waals surface area contributed by atoms with Crippen molar-refractivity contribution >= 4 is 21.6 Å². The zero-order valence-corrected chi connectivity index (χ0v) is 14.4. The van der Waals surface area contributed by atoms with E-state index in [-0.39, 0.29) is 19.0 Å². The molecule has 0 bridgehead atoms. The Kier molecular flexibility index (Phi) is 5.81. The van der Waals surface area contributed by atoms with Gasteiger partial charge in [-0.15, -0.1) is 0 Å². The van der Waals surface area contributed by atoms with Crippen LogP contribution in [0.5, 0.6) is 5.75 Å². The number of carbonyl (C=O) groups excluding carboxylic acids is 1. The number of methoxy groups -OCH3 is 1. The maximum atomic E-state index is 12.0. The van der Waals surface area contributed by atoms with Crippen molar-refractivity contribution in [3.8, 4) is 5.75 Å². The van der Waals surface area contributed by atoms with E-state index in [0.29, 0.717) is 17.0 Å². The average Bonchev–Trinajstić information content (AvgIpc) is 2.58. The third-order valence-corrected chi connectivity index (χ3v) is 4.57. The van der Waals surface area contributed by atoms with Gasteiger partial charge >= 0.3 is 0 Å². The lowest BCUT2D eigenvalue weighted by atomic mass is 10.2. The summed E-state index contributed by atoms with van der Waals surface area (Å²) in [5.41, 5.74) is 1.02. The summed E-state index contributed by atoms with van der Waals surface area (Å²) in [5, 5.41) is 2.72. The highest BCUT2D eigenvalue weighted by Crippen LogP contribution is 2.22. The van der Waals surface area contributed by atoms with Crippen molar-refractivity contribution in [3.63, 3.8) is 0 Å². The monoisotopic (exact) mass is 348 g/mol. The number of carbonyl (C=O) groups is 1. The topological polar surface area (TPSA) is 75.7 Å². The summed E-state index contributed by atoms with van der Waals surface area (Å²) >= 11 is 0. The van der Waals surface area contributed by atoms with Crippen molar-refractivity contribution in [2.45, 2.75) is 0 Å². The number of benzene rings is 2. The molecule has 1 N–H and O–H groups in total. The summed E-state index contributed by atoms with van der Waals surface area (Å²) in [4.78, 5) is 12.0. The second kappa shape index (κ2) is 7.83. The number of nitrogens with zero attached hydrogens (tertiary/aromatic N) is 1. The molecule has 0 aromatic heterocycles. The van der Waals surface area contributed by atoms with E-state index in [4.69, 9.17) is 4.74 Å². The van der Waals surface area contributed by atoms with E-state index >= 15 is 0 Å². The maximum Gasteiger partial charge on any atom is 0.251 e. The number of hydrogen-bond acceptors (Lipinski definition) is 4. The summed E-state index contributed by atoms with van der Waals surface area (Å²) < 4.78 is 30.5. The van der Waals surface area contributed by atoms with Crippen LogP contribution in [0.25, 0.3) is 0 Å². The maximum absolute atomic E-state index is 12.0. The van der Waals surface area contributed by atoms with Crippen molar-refractivity contribution in [2.75, 3.05) is 30.8 Å². The molecule has 128 valence electrons. The molecule has 1 amide bonds. The second-order valence-corrected chi connectivity index (χ2v) is 7.07. The first-order chi connectivity index (χ1) is 11.4. The molecule has 0 heterocycles. The molecule has 0 fully saturated rings. The van der Waals surface area contributed by atoms with Crippen LogP contribution in [0.2, 0.25) is 0 Å². The van der Waals surface area contributed by atoms with Crippen LogP contribution in [0.1, 0.15) is 10.4 Å². The molecule has 0 radical (unpaired) electrons. The van der Waals surface area contributed by atoms with Gasteiger partial charge in [-0.2, -0.15) is 0 Å². The quantitative estimate of drug-likeness (QED) is 0.829. The Balaban J connectivity index is 2.06. The number of sulfonamides is 1. The molecule has 0 atom stereocenters. The molecule has 0 aliphatic rings. The fourth-order valence-electron chi connectivity index (χ4n) is 2.21. The molecule has 2 aromatic rings. The van der Waals surface area contributed by atoms with Gasteiger partial charge in [0.15, 0.2) is 0 Å². The summed E-state index contributed by atoms with van der Waals surface area (Å²) in [5.74, 6) is 0.323. The summed E-state index contributed by atoms with van der Waals surface area (Å²) in [6, 6.07) is 15.5. The number of rotatable bonds is 7. The lowest BCUT2D eigenvalue weighted by Gasteiger charge is -2.23. The van der Waals surface area contributed by atoms with Crippen molar-refractivity contribution in [1.29, 1.82) is 0 Å². The Morgan fingerprint density at radius 2 is 1.83 bits per heavy atom. The number of nitrogens with one attached hydrogen (secondary N) is 1. The molecular formula is C17H20N2O4S. The van der Waals surface area contributed by atoms with Crippen molar-refractivity contribution in [1.82, 2.24) is 5.32 Å². The molecule has 2 aromatic carbocycles. The minimum absolute atomic E-state index is 0.130. The van der Waals surface area contributed by atoms with Crippen LogP contribution < -0.4 is 14.4 Å². The fourth-order valence-corrected chi connectivity index (χ4v) is 3.13. The Labute approximate surface area is 142 Å². The highest BCUT2D eigenvalue weighted by molar-refractivity contribution is 7.92. The van der Waals surface area contributed by atoms with Crippen molar-refractivity contribution in [3.05, 3.63) is 60.2 Å². The van der Waals surface area contributed by atoms with Crippen LogP contribution >= 0.6 is 0 Å². The Bertz CT molecular complexity index is 791. The lowest BCUT2D eigenvalue weighted by molar-refractivity contribution is 0.0955. The van der Waals surface area contributed by atoms with Gasteiger partial charge in [-0.3, -0.25) is 9.10 Å². The Morgan fingerprint density at radius 1 is 1.12 bits per heavy atom. The first-order valence-corrected chi connectivity index (χ1v) is 9.21. The van der Waals surface area contributed by atoms with E-state index in [2.05, 4.69) is 5.32 Å². The molecule has 0 aliphatic carbocycles. The zero-order valence-electron chi connectivity index (χ0n) is 13.6. The minimum atomic E-state index is -3.48. The first-order valence-electron chi connectivity index (χ1n) is 7.37. The van der Waals surface area contributed by atoms with Gasteiger partial charge in [-0.05, 0) is 24.3 Å². The van der Waals surface area contributed by atoms with E-state index in [1.807, 2.05) is 6.07 Å². The Morgan fingerprint density at radius 3 is 2.46 bits per heavy atom. The zero-order chi connectivity index (χ0) is 17.6. The minimum Gasteiger partial charge on any atom is -0.497 e. The SMILES string of the molecule is COc1cccc(N(CCNC(=O)c2ccccc2)S(C)(=O)=O)c1. The van der Waals surface area contributed by atoms with Crippen LogP contribution in [0.4, 0.5) is 5.69 Å². The van der Waals surface area contributed by atoms with Gasteiger partial charge in [0, 0.05) is 18.2 Å². The number of hydrogen-bond donors (Lipinski definition) is 1. The highest BCUT2D eigenvalue weighted by atomic mass is 32.2. The molecule has 0 saturated heterocycles. The average molecular weight is 348 g/mol. The normalized spacial score (nSPS) is 10.9. The van der Waals surface area contributed by atoms with E-state index in [0.717, 1.165) is 6.26 Å². The van der Waals surface area contributed by atoms with E-state index in [1.54, 1.807) is 48.5 Å². The number of amides is 1. The van der Waals surface area contributed by atoms with Crippen LogP contribution in [0.15, 0.2) is 54.6 Å². The standard InChI is InChI=1S/C17H20N2O4S/c1-23-16-10-6-9-15(13-16)19(24(2,21)22)12-11-18-17(20)14-7-4-3-5-8-14/h3-10,13H,11-12H2,1-2H3,(H,18,20). The van der Waals surface area contributed by atoms with E-state index < -0.39 is 10.0 Å². The smallest absolute Gasteiger partial charge is 0.251 e. The third kappa shape index (κ3) is 4.73. The molecule has 6 nitrogen and oxygen atoms in total. The van der Waals surface area contributed by atoms with Crippen molar-refractivity contribution < 1.29 is 17.9 Å². The molecular weight excluding hydrogens is 328 g/mol. The molecule has 0 saturated carbocycles. The van der Waals surface area contributed by atoms with Crippen LogP contribution in [-0.2, 0) is 10.0 Å². The second-order valence-electron chi connectivity index (χ2n) is 5.16. The van der Waals surface area contributed by atoms with Crippen LogP contribution in [0.3, 0.4) is 0 Å². The van der Waals surface area contributed by atoms with E-state index in [1.165, 1.54) is 11.4 Å². The highest BCUT2D eigenvalue weighted by Gasteiger charge is 2.18. The molecule has 2 rings (SSSR count). The van der Waals surface area contributed by atoms with Crippen molar-refractivity contribution in [2.24, 2.45) is 0 Å². The van der Waals surface area contributed by atoms with Gasteiger partial charge in [0.25, 0.3) is 5.91 Å². The molecule has 24 heavy (non-hydrogen) atoms. The number of ether oxygens (including phenoxy) is 1. The van der Waals surface area contributed by atoms with Gasteiger partial charge in [-0.25, -0.2) is 8.42 Å². The molecule has 0 unspecified atom stereocenters. The summed E-state index contributed by atoms with van der Waals surface area (Å²) in [6.07, 6.45) is 1.13. The lowest BCUT2D eigenvalue weighted by Crippen LogP contribution is -2.38. The largest absolute Gasteiger partial charge is 0.497 e. The van der Waals surface area contributed by atoms with Gasteiger partial charge in [0.1, 0.15) is 5.75 Å². The molecule has 0 spiro atoms. The number of anilines is 1. The van der Waals surface area contributed by atoms with Gasteiger partial charge in [0.05, 0.1) is 25.6 Å². The van der Waals surface area contributed by atoms with Gasteiger partial charge < -0.3 is 10.1 Å². The summed E-state index contributed by atoms with van der Waals surface area (Å²) in [6.45, 7) is 0.322. The predicted molar refractivity (Wildman–Crippen MR) is 94.0 cm³/mol.